The predicted molar refractivity (Wildman–Crippen MR) is 431 cm³/mol. The van der Waals surface area contributed by atoms with E-state index >= 15 is 0 Å². The fourth-order valence-electron chi connectivity index (χ4n) is 11.4. The molecule has 0 aliphatic carbocycles. The SMILES string of the molecule is CC/C=C\C/C=C\C/C=C\C/C=C\C/C=C\C/C=C\C/C=C\C/C=C\C/C=C\C/C=C\C/C=C\CCCCCCCC(=O)OC(COC(=O)CCCCCCCCCCCCCCCCCCCCCCCCCCCCC/C=C\C/C=C\CCCCCCC)COP(=O)(O)OCCN. The van der Waals surface area contributed by atoms with Crippen molar-refractivity contribution in [1.29, 1.82) is 0 Å². The number of allylic oxidation sites excluding steroid dienone is 26. The van der Waals surface area contributed by atoms with Gasteiger partial charge in [0.05, 0.1) is 13.2 Å². The zero-order chi connectivity index (χ0) is 71.5. The Kier molecular flexibility index (Phi) is 78.9. The Bertz CT molecular complexity index is 2190. The number of nitrogens with two attached hydrogens (primary N) is 1. The van der Waals surface area contributed by atoms with E-state index in [0.717, 1.165) is 128 Å². The van der Waals surface area contributed by atoms with Crippen LogP contribution >= 0.6 is 7.82 Å². The zero-order valence-corrected chi connectivity index (χ0v) is 64.8. The average molecular weight is 1400 g/mol. The lowest BCUT2D eigenvalue weighted by molar-refractivity contribution is -0.161. The topological polar surface area (TPSA) is 134 Å². The van der Waals surface area contributed by atoms with Gasteiger partial charge in [0.15, 0.2) is 6.10 Å². The second kappa shape index (κ2) is 82.6. The van der Waals surface area contributed by atoms with Gasteiger partial charge in [-0.2, -0.15) is 0 Å². The molecule has 0 aromatic heterocycles. The van der Waals surface area contributed by atoms with Gasteiger partial charge in [-0.05, 0) is 128 Å². The van der Waals surface area contributed by atoms with E-state index in [4.69, 9.17) is 24.3 Å². The maximum atomic E-state index is 12.8. The van der Waals surface area contributed by atoms with Gasteiger partial charge >= 0.3 is 19.8 Å². The maximum Gasteiger partial charge on any atom is 0.472 e. The first kappa shape index (κ1) is 94.6. The van der Waals surface area contributed by atoms with Gasteiger partial charge in [0.1, 0.15) is 6.61 Å². The smallest absolute Gasteiger partial charge is 0.462 e. The lowest BCUT2D eigenvalue weighted by Crippen LogP contribution is -2.29. The fourth-order valence-corrected chi connectivity index (χ4v) is 12.1. The summed E-state index contributed by atoms with van der Waals surface area (Å²) in [5, 5.41) is 0. The van der Waals surface area contributed by atoms with E-state index in [9.17, 15) is 19.0 Å². The van der Waals surface area contributed by atoms with Crippen LogP contribution in [0.2, 0.25) is 0 Å². The Morgan fingerprint density at radius 2 is 0.556 bits per heavy atom. The van der Waals surface area contributed by atoms with Crippen molar-refractivity contribution >= 4 is 19.8 Å². The highest BCUT2D eigenvalue weighted by molar-refractivity contribution is 7.47. The number of hydrogen-bond donors (Lipinski definition) is 2. The normalized spacial score (nSPS) is 13.7. The first-order valence-electron chi connectivity index (χ1n) is 41.0. The van der Waals surface area contributed by atoms with Crippen molar-refractivity contribution in [3.05, 3.63) is 158 Å². The van der Waals surface area contributed by atoms with Crippen molar-refractivity contribution in [2.45, 2.75) is 367 Å². The van der Waals surface area contributed by atoms with Gasteiger partial charge in [-0.3, -0.25) is 18.6 Å². The molecule has 0 amide bonds. The van der Waals surface area contributed by atoms with Gasteiger partial charge in [-0.15, -0.1) is 0 Å². The highest BCUT2D eigenvalue weighted by Crippen LogP contribution is 2.43. The molecule has 9 nitrogen and oxygen atoms in total. The van der Waals surface area contributed by atoms with Crippen LogP contribution in [0.5, 0.6) is 0 Å². The maximum absolute atomic E-state index is 12.8. The molecule has 0 saturated carbocycles. The second-order valence-electron chi connectivity index (χ2n) is 26.9. The minimum absolute atomic E-state index is 0.0439. The molecule has 0 aromatic rings. The van der Waals surface area contributed by atoms with Gasteiger partial charge in [-0.1, -0.05) is 377 Å². The van der Waals surface area contributed by atoms with Gasteiger partial charge < -0.3 is 20.1 Å². The van der Waals surface area contributed by atoms with Crippen LogP contribution in [0.4, 0.5) is 0 Å². The van der Waals surface area contributed by atoms with Crippen LogP contribution in [0.25, 0.3) is 0 Å². The van der Waals surface area contributed by atoms with Crippen LogP contribution < -0.4 is 5.73 Å². The van der Waals surface area contributed by atoms with Crippen LogP contribution in [-0.2, 0) is 32.7 Å². The number of esters is 2. The molecule has 0 saturated heterocycles. The molecule has 0 aromatic carbocycles. The highest BCUT2D eigenvalue weighted by Gasteiger charge is 2.26. The van der Waals surface area contributed by atoms with Crippen LogP contribution in [0.15, 0.2) is 158 Å². The van der Waals surface area contributed by atoms with Crippen molar-refractivity contribution in [1.82, 2.24) is 0 Å². The Balaban J connectivity index is 3.88. The minimum Gasteiger partial charge on any atom is -0.462 e. The van der Waals surface area contributed by atoms with E-state index in [1.54, 1.807) is 0 Å². The standard InChI is InChI=1S/C89H152NO8P/c1-3-5-7-9-11-13-15-17-19-21-23-25-27-29-31-33-35-37-39-41-43-45-47-49-51-53-55-57-59-61-63-65-67-69-71-73-75-77-79-81-88(91)95-85-87(86-97-99(93,94)96-84-83-90)98-89(92)82-80-78-76-74-72-70-68-66-64-62-60-58-56-54-52-50-48-46-44-42-40-38-36-34-32-30-28-26-24-22-20-18-16-14-12-10-8-6-4-2/h6,8,12,14-15,17-18,20-21,23-24,26,30,32,36,38,42,44,48,50,54,56,60,62,66,68,87H,3-5,7,9-11,13,16,19,22,25,27-29,31,33-35,37,39-41,43,45-47,49,51-53,55,57-59,61,63-65,67,69-86,90H2,1-2H3,(H,93,94)/b8-6-,14-12-,17-15-,20-18-,23-21-,26-24-,32-30-,38-36-,44-42-,50-48-,56-54-,62-60-,68-66-. The van der Waals surface area contributed by atoms with E-state index < -0.39 is 26.5 Å². The summed E-state index contributed by atoms with van der Waals surface area (Å²) in [7, 11) is -4.41. The zero-order valence-electron chi connectivity index (χ0n) is 63.9. The summed E-state index contributed by atoms with van der Waals surface area (Å²) >= 11 is 0. The van der Waals surface area contributed by atoms with Gasteiger partial charge in [0.25, 0.3) is 0 Å². The summed E-state index contributed by atoms with van der Waals surface area (Å²) in [6.45, 7) is 3.62. The average Bonchev–Trinajstić information content (AvgIpc) is 1.35. The summed E-state index contributed by atoms with van der Waals surface area (Å²) < 4.78 is 33.2. The number of carbonyl (C=O) groups is 2. The summed E-state index contributed by atoms with van der Waals surface area (Å²) in [4.78, 5) is 35.5. The minimum atomic E-state index is -4.41. The van der Waals surface area contributed by atoms with Crippen LogP contribution in [0.1, 0.15) is 361 Å². The quantitative estimate of drug-likeness (QED) is 0.0264. The molecule has 0 fully saturated rings. The third-order valence-electron chi connectivity index (χ3n) is 17.4. The van der Waals surface area contributed by atoms with Crippen LogP contribution in [-0.4, -0.2) is 49.3 Å². The van der Waals surface area contributed by atoms with E-state index in [2.05, 4.69) is 172 Å². The number of carbonyl (C=O) groups excluding carboxylic acids is 2. The monoisotopic (exact) mass is 1390 g/mol. The molecule has 0 rings (SSSR count). The van der Waals surface area contributed by atoms with Crippen molar-refractivity contribution < 1.29 is 37.6 Å². The Morgan fingerprint density at radius 1 is 0.313 bits per heavy atom. The molecule has 2 atom stereocenters. The van der Waals surface area contributed by atoms with Crippen LogP contribution in [0.3, 0.4) is 0 Å². The van der Waals surface area contributed by atoms with E-state index in [1.165, 1.54) is 199 Å². The van der Waals surface area contributed by atoms with E-state index in [-0.39, 0.29) is 38.6 Å². The molecular weight excluding hydrogens is 1240 g/mol. The fraction of sp³-hybridized carbons (Fsp3) is 0.685. The van der Waals surface area contributed by atoms with Crippen LogP contribution in [0, 0.1) is 0 Å². The Morgan fingerprint density at radius 3 is 0.828 bits per heavy atom. The molecule has 99 heavy (non-hydrogen) atoms. The number of phosphoric acid groups is 1. The third kappa shape index (κ3) is 82.5. The molecule has 10 heteroatoms. The largest absolute Gasteiger partial charge is 0.472 e. The summed E-state index contributed by atoms with van der Waals surface area (Å²) in [6.07, 6.45) is 121. The van der Waals surface area contributed by atoms with Gasteiger partial charge in [-0.25, -0.2) is 4.57 Å². The molecule has 0 aliphatic rings. The van der Waals surface area contributed by atoms with Gasteiger partial charge in [0, 0.05) is 19.4 Å². The van der Waals surface area contributed by atoms with Crippen molar-refractivity contribution in [3.8, 4) is 0 Å². The molecule has 0 aliphatic heterocycles. The summed E-state index contributed by atoms with van der Waals surface area (Å²) in [6, 6.07) is 0. The molecular formula is C89H152NO8P. The lowest BCUT2D eigenvalue weighted by Gasteiger charge is -2.19. The molecule has 0 heterocycles. The molecule has 3 N–H and O–H groups in total. The number of hydrogen-bond acceptors (Lipinski definition) is 8. The second-order valence-corrected chi connectivity index (χ2v) is 28.4. The lowest BCUT2D eigenvalue weighted by atomic mass is 10.0. The molecule has 0 spiro atoms. The number of rotatable bonds is 76. The first-order valence-corrected chi connectivity index (χ1v) is 42.5. The van der Waals surface area contributed by atoms with Gasteiger partial charge in [0.2, 0.25) is 0 Å². The van der Waals surface area contributed by atoms with Crippen molar-refractivity contribution in [2.75, 3.05) is 26.4 Å². The van der Waals surface area contributed by atoms with Crippen molar-refractivity contribution in [2.24, 2.45) is 5.73 Å². The number of ether oxygens (including phenoxy) is 2. The summed E-state index contributed by atoms with van der Waals surface area (Å²) in [5.41, 5.74) is 5.41. The molecule has 0 radical (unpaired) electrons. The Hall–Kier alpha value is -4.37. The predicted octanol–water partition coefficient (Wildman–Crippen LogP) is 27.9. The third-order valence-corrected chi connectivity index (χ3v) is 18.4. The number of unbranched alkanes of at least 4 members (excludes halogenated alkanes) is 37. The highest BCUT2D eigenvalue weighted by atomic mass is 31.2. The molecule has 566 valence electrons. The van der Waals surface area contributed by atoms with E-state index in [0.29, 0.717) is 6.42 Å². The summed E-state index contributed by atoms with van der Waals surface area (Å²) in [5.74, 6) is -0.846. The molecule has 0 bridgehead atoms. The molecule has 2 unspecified atom stereocenters. The number of phosphoric ester groups is 1. The van der Waals surface area contributed by atoms with Crippen molar-refractivity contribution in [3.63, 3.8) is 0 Å². The Labute approximate surface area is 610 Å². The first-order chi connectivity index (χ1) is 48.8. The van der Waals surface area contributed by atoms with E-state index in [1.807, 2.05) is 0 Å².